The highest BCUT2D eigenvalue weighted by molar-refractivity contribution is 7.10. The third-order valence-electron chi connectivity index (χ3n) is 2.84. The second-order valence-electron chi connectivity index (χ2n) is 4.07. The lowest BCUT2D eigenvalue weighted by molar-refractivity contribution is 0.459. The molecule has 3 heteroatoms. The van der Waals surface area contributed by atoms with Gasteiger partial charge in [0.25, 0.3) is 0 Å². The first-order chi connectivity index (χ1) is 6.79. The van der Waals surface area contributed by atoms with E-state index < -0.39 is 0 Å². The molecule has 0 spiro atoms. The summed E-state index contributed by atoms with van der Waals surface area (Å²) in [6.07, 6.45) is 3.92. The van der Waals surface area contributed by atoms with E-state index in [1.54, 1.807) is 0 Å². The second-order valence-corrected chi connectivity index (χ2v) is 5.02. The van der Waals surface area contributed by atoms with Crippen LogP contribution in [0.15, 0.2) is 24.0 Å². The molecule has 2 aromatic rings. The molecule has 0 saturated carbocycles. The Morgan fingerprint density at radius 3 is 3.14 bits per heavy atom. The molecule has 0 radical (unpaired) electrons. The van der Waals surface area contributed by atoms with Gasteiger partial charge in [0.2, 0.25) is 0 Å². The summed E-state index contributed by atoms with van der Waals surface area (Å²) >= 11 is 1.86. The Kier molecular flexibility index (Phi) is 1.59. The fourth-order valence-electron chi connectivity index (χ4n) is 2.25. The molecule has 14 heavy (non-hydrogen) atoms. The van der Waals surface area contributed by atoms with E-state index in [0.29, 0.717) is 12.0 Å². The predicted octanol–water partition coefficient (Wildman–Crippen LogP) is 3.17. The maximum atomic E-state index is 4.22. The van der Waals surface area contributed by atoms with Gasteiger partial charge in [0.05, 0.1) is 24.3 Å². The van der Waals surface area contributed by atoms with Gasteiger partial charge in [-0.05, 0) is 17.4 Å². The predicted molar refractivity (Wildman–Crippen MR) is 58.5 cm³/mol. The standard InChI is InChI=1S/C11H12N2S/c1-7(2)10-11-8(3-4-14-11)9-5-12-6-13(9)10/h3-7,10H,1-2H3. The molecule has 3 heterocycles. The van der Waals surface area contributed by atoms with Gasteiger partial charge in [-0.15, -0.1) is 11.3 Å². The lowest BCUT2D eigenvalue weighted by Crippen LogP contribution is -2.10. The van der Waals surface area contributed by atoms with Gasteiger partial charge in [0.15, 0.2) is 0 Å². The molecule has 0 saturated heterocycles. The van der Waals surface area contributed by atoms with Crippen molar-refractivity contribution in [1.29, 1.82) is 0 Å². The van der Waals surface area contributed by atoms with Crippen molar-refractivity contribution in [3.05, 3.63) is 28.8 Å². The zero-order valence-corrected chi connectivity index (χ0v) is 9.08. The van der Waals surface area contributed by atoms with Crippen LogP contribution in [0.1, 0.15) is 24.8 Å². The number of imidazole rings is 1. The van der Waals surface area contributed by atoms with Crippen molar-refractivity contribution in [2.24, 2.45) is 5.92 Å². The number of rotatable bonds is 1. The number of fused-ring (bicyclic) bond motifs is 3. The van der Waals surface area contributed by atoms with E-state index in [1.165, 1.54) is 16.1 Å². The van der Waals surface area contributed by atoms with Crippen LogP contribution >= 0.6 is 11.3 Å². The summed E-state index contributed by atoms with van der Waals surface area (Å²) < 4.78 is 2.30. The molecule has 0 aromatic carbocycles. The highest BCUT2D eigenvalue weighted by atomic mass is 32.1. The molecule has 0 amide bonds. The summed E-state index contributed by atoms with van der Waals surface area (Å²) in [6.45, 7) is 4.53. The average Bonchev–Trinajstić information content (AvgIpc) is 2.70. The van der Waals surface area contributed by atoms with Gasteiger partial charge >= 0.3 is 0 Å². The maximum absolute atomic E-state index is 4.22. The van der Waals surface area contributed by atoms with Crippen LogP contribution < -0.4 is 0 Å². The van der Waals surface area contributed by atoms with Gasteiger partial charge in [0, 0.05) is 10.4 Å². The van der Waals surface area contributed by atoms with Crippen LogP contribution in [0, 0.1) is 5.92 Å². The van der Waals surface area contributed by atoms with Crippen LogP contribution in [0.5, 0.6) is 0 Å². The summed E-state index contributed by atoms with van der Waals surface area (Å²) in [5.74, 6) is 0.628. The van der Waals surface area contributed by atoms with E-state index in [1.807, 2.05) is 23.9 Å². The molecule has 1 aliphatic rings. The molecular formula is C11H12N2S. The fraction of sp³-hybridized carbons (Fsp3) is 0.364. The van der Waals surface area contributed by atoms with E-state index in [4.69, 9.17) is 0 Å². The number of thiophene rings is 1. The van der Waals surface area contributed by atoms with Gasteiger partial charge in [-0.25, -0.2) is 4.98 Å². The summed E-state index contributed by atoms with van der Waals surface area (Å²) in [5.41, 5.74) is 2.66. The minimum atomic E-state index is 0.502. The largest absolute Gasteiger partial charge is 0.322 e. The Labute approximate surface area is 87.2 Å². The van der Waals surface area contributed by atoms with Crippen molar-refractivity contribution in [3.8, 4) is 11.3 Å². The highest BCUT2D eigenvalue weighted by Gasteiger charge is 2.31. The molecule has 72 valence electrons. The Balaban J connectivity index is 2.27. The lowest BCUT2D eigenvalue weighted by Gasteiger charge is -2.17. The minimum absolute atomic E-state index is 0.502. The van der Waals surface area contributed by atoms with Crippen molar-refractivity contribution in [1.82, 2.24) is 9.55 Å². The molecule has 1 atom stereocenters. The maximum Gasteiger partial charge on any atom is 0.0957 e. The number of hydrogen-bond acceptors (Lipinski definition) is 2. The zero-order chi connectivity index (χ0) is 9.71. The van der Waals surface area contributed by atoms with Gasteiger partial charge in [-0.1, -0.05) is 13.8 Å². The van der Waals surface area contributed by atoms with Crippen LogP contribution in [0.4, 0.5) is 0 Å². The second kappa shape index (κ2) is 2.70. The van der Waals surface area contributed by atoms with E-state index in [0.717, 1.165) is 0 Å². The van der Waals surface area contributed by atoms with Crippen LogP contribution in [0.25, 0.3) is 11.3 Å². The fourth-order valence-corrected chi connectivity index (χ4v) is 3.42. The van der Waals surface area contributed by atoms with E-state index in [2.05, 4.69) is 34.8 Å². The molecular weight excluding hydrogens is 192 g/mol. The number of hydrogen-bond donors (Lipinski definition) is 0. The minimum Gasteiger partial charge on any atom is -0.322 e. The Hall–Kier alpha value is -1.09. The first-order valence-corrected chi connectivity index (χ1v) is 5.76. The molecule has 3 rings (SSSR count). The van der Waals surface area contributed by atoms with E-state index >= 15 is 0 Å². The summed E-state index contributed by atoms with van der Waals surface area (Å²) in [4.78, 5) is 5.72. The molecule has 0 fully saturated rings. The van der Waals surface area contributed by atoms with Crippen molar-refractivity contribution < 1.29 is 0 Å². The van der Waals surface area contributed by atoms with Crippen molar-refractivity contribution >= 4 is 11.3 Å². The zero-order valence-electron chi connectivity index (χ0n) is 8.27. The first kappa shape index (κ1) is 8.24. The molecule has 1 unspecified atom stereocenters. The monoisotopic (exact) mass is 204 g/mol. The quantitative estimate of drug-likeness (QED) is 0.697. The first-order valence-electron chi connectivity index (χ1n) is 4.88. The van der Waals surface area contributed by atoms with Gasteiger partial charge in [-0.2, -0.15) is 0 Å². The van der Waals surface area contributed by atoms with Crippen LogP contribution in [0.2, 0.25) is 0 Å². The normalized spacial score (nSPS) is 18.6. The number of aromatic nitrogens is 2. The third-order valence-corrected chi connectivity index (χ3v) is 3.82. The number of nitrogens with zero attached hydrogens (tertiary/aromatic N) is 2. The summed E-state index contributed by atoms with van der Waals surface area (Å²) in [7, 11) is 0. The molecule has 2 nitrogen and oxygen atoms in total. The van der Waals surface area contributed by atoms with Gasteiger partial charge in [-0.3, -0.25) is 0 Å². The topological polar surface area (TPSA) is 17.8 Å². The van der Waals surface area contributed by atoms with Gasteiger partial charge in [0.1, 0.15) is 0 Å². The van der Waals surface area contributed by atoms with E-state index in [9.17, 15) is 0 Å². The Morgan fingerprint density at radius 2 is 2.36 bits per heavy atom. The summed E-state index contributed by atoms with van der Waals surface area (Å²) in [5, 5.41) is 2.18. The summed E-state index contributed by atoms with van der Waals surface area (Å²) in [6, 6.07) is 2.71. The average molecular weight is 204 g/mol. The molecule has 0 bridgehead atoms. The van der Waals surface area contributed by atoms with Gasteiger partial charge < -0.3 is 4.57 Å². The molecule has 0 aliphatic carbocycles. The molecule has 0 N–H and O–H groups in total. The van der Waals surface area contributed by atoms with Crippen molar-refractivity contribution in [2.75, 3.05) is 0 Å². The Bertz CT molecular complexity index is 427. The SMILES string of the molecule is CC(C)C1c2sccc2-c2cncn21. The van der Waals surface area contributed by atoms with Crippen LogP contribution in [0.3, 0.4) is 0 Å². The van der Waals surface area contributed by atoms with Crippen molar-refractivity contribution in [2.45, 2.75) is 19.9 Å². The van der Waals surface area contributed by atoms with Crippen LogP contribution in [-0.4, -0.2) is 9.55 Å². The third kappa shape index (κ3) is 0.879. The highest BCUT2D eigenvalue weighted by Crippen LogP contribution is 2.45. The smallest absolute Gasteiger partial charge is 0.0957 e. The molecule has 1 aliphatic heterocycles. The Morgan fingerprint density at radius 1 is 1.50 bits per heavy atom. The van der Waals surface area contributed by atoms with E-state index in [-0.39, 0.29) is 0 Å². The molecule has 2 aromatic heterocycles. The van der Waals surface area contributed by atoms with Crippen LogP contribution in [-0.2, 0) is 0 Å². The van der Waals surface area contributed by atoms with Crippen molar-refractivity contribution in [3.63, 3.8) is 0 Å². The lowest BCUT2D eigenvalue weighted by atomic mass is 10.0.